The average Bonchev–Trinajstić information content (AvgIpc) is 3.04. The highest BCUT2D eigenvalue weighted by atomic mass is 35.5. The number of halogens is 1. The quantitative estimate of drug-likeness (QED) is 0.711. The van der Waals surface area contributed by atoms with E-state index in [-0.39, 0.29) is 18.2 Å². The van der Waals surface area contributed by atoms with Gasteiger partial charge in [-0.2, -0.15) is 4.80 Å². The Bertz CT molecular complexity index is 921. The fourth-order valence-electron chi connectivity index (χ4n) is 2.24. The third kappa shape index (κ3) is 4.07. The molecule has 2 aromatic carbocycles. The molecule has 0 atom stereocenters. The van der Waals surface area contributed by atoms with E-state index in [4.69, 9.17) is 11.6 Å². The lowest BCUT2D eigenvalue weighted by Gasteiger charge is -2.08. The summed E-state index contributed by atoms with van der Waals surface area (Å²) in [5, 5.41) is 15.3. The van der Waals surface area contributed by atoms with E-state index < -0.39 is 0 Å². The average molecular weight is 356 g/mol. The van der Waals surface area contributed by atoms with Crippen LogP contribution in [0.3, 0.4) is 0 Å². The van der Waals surface area contributed by atoms with Crippen LogP contribution in [-0.4, -0.2) is 31.9 Å². The first-order valence-electron chi connectivity index (χ1n) is 7.46. The van der Waals surface area contributed by atoms with Gasteiger partial charge in [-0.3, -0.25) is 9.59 Å². The second-order valence-corrected chi connectivity index (χ2v) is 5.74. The molecule has 8 heteroatoms. The molecule has 3 rings (SSSR count). The van der Waals surface area contributed by atoms with Gasteiger partial charge in [-0.1, -0.05) is 23.7 Å². The number of nitrogens with zero attached hydrogens (tertiary/aromatic N) is 4. The number of tetrazole rings is 1. The van der Waals surface area contributed by atoms with Crippen molar-refractivity contribution in [1.82, 2.24) is 20.2 Å². The van der Waals surface area contributed by atoms with Crippen LogP contribution >= 0.6 is 11.6 Å². The van der Waals surface area contributed by atoms with Crippen LogP contribution in [-0.2, 0) is 11.3 Å². The highest BCUT2D eigenvalue weighted by Gasteiger charge is 2.12. The molecule has 0 saturated carbocycles. The first kappa shape index (κ1) is 16.8. The number of anilines is 1. The maximum absolute atomic E-state index is 12.2. The maximum Gasteiger partial charge on any atom is 0.248 e. The molecule has 0 fully saturated rings. The number of para-hydroxylation sites is 1. The normalized spacial score (nSPS) is 10.5. The van der Waals surface area contributed by atoms with Crippen LogP contribution < -0.4 is 5.32 Å². The van der Waals surface area contributed by atoms with E-state index in [1.54, 1.807) is 48.5 Å². The largest absolute Gasteiger partial charge is 0.324 e. The van der Waals surface area contributed by atoms with E-state index in [9.17, 15) is 9.59 Å². The molecule has 0 radical (unpaired) electrons. The van der Waals surface area contributed by atoms with Crippen molar-refractivity contribution in [2.45, 2.75) is 13.5 Å². The molecule has 1 aromatic heterocycles. The number of hydrogen-bond acceptors (Lipinski definition) is 5. The number of carbonyl (C=O) groups excluding carboxylic acids is 2. The summed E-state index contributed by atoms with van der Waals surface area (Å²) in [6.07, 6.45) is 0. The van der Waals surface area contributed by atoms with E-state index in [2.05, 4.69) is 20.7 Å². The first-order chi connectivity index (χ1) is 12.0. The Balaban J connectivity index is 1.70. The lowest BCUT2D eigenvalue weighted by atomic mass is 10.1. The Morgan fingerprint density at radius 3 is 2.56 bits per heavy atom. The molecule has 1 heterocycles. The SMILES string of the molecule is CC(=O)c1ccccc1NC(=O)Cn1nnc(-c2ccc(Cl)cc2)n1. The number of ketones is 1. The molecule has 0 aliphatic heterocycles. The molecule has 0 saturated heterocycles. The molecule has 3 aromatic rings. The van der Waals surface area contributed by atoms with E-state index in [0.717, 1.165) is 5.56 Å². The second-order valence-electron chi connectivity index (χ2n) is 5.30. The first-order valence-corrected chi connectivity index (χ1v) is 7.84. The Hall–Kier alpha value is -3.06. The van der Waals surface area contributed by atoms with Crippen LogP contribution in [0, 0.1) is 0 Å². The van der Waals surface area contributed by atoms with Crippen molar-refractivity contribution in [3.05, 3.63) is 59.1 Å². The van der Waals surface area contributed by atoms with Crippen LogP contribution in [0.1, 0.15) is 17.3 Å². The van der Waals surface area contributed by atoms with Gasteiger partial charge in [-0.25, -0.2) is 0 Å². The molecule has 25 heavy (non-hydrogen) atoms. The number of nitrogens with one attached hydrogen (secondary N) is 1. The summed E-state index contributed by atoms with van der Waals surface area (Å²) >= 11 is 5.85. The monoisotopic (exact) mass is 355 g/mol. The van der Waals surface area contributed by atoms with Crippen molar-refractivity contribution < 1.29 is 9.59 Å². The molecule has 0 unspecified atom stereocenters. The minimum Gasteiger partial charge on any atom is -0.324 e. The van der Waals surface area contributed by atoms with Gasteiger partial charge in [0, 0.05) is 16.1 Å². The molecular formula is C17H14ClN5O2. The zero-order valence-corrected chi connectivity index (χ0v) is 14.1. The van der Waals surface area contributed by atoms with E-state index >= 15 is 0 Å². The summed E-state index contributed by atoms with van der Waals surface area (Å²) in [6.45, 7) is 1.33. The standard InChI is InChI=1S/C17H14ClN5O2/c1-11(24)14-4-2-3-5-15(14)19-16(25)10-23-21-17(20-22-23)12-6-8-13(18)9-7-12/h2-9H,10H2,1H3,(H,19,25). The number of aromatic nitrogens is 4. The lowest BCUT2D eigenvalue weighted by Crippen LogP contribution is -2.21. The lowest BCUT2D eigenvalue weighted by molar-refractivity contribution is -0.117. The Kier molecular flexibility index (Phi) is 4.85. The van der Waals surface area contributed by atoms with Gasteiger partial charge in [-0.05, 0) is 48.5 Å². The van der Waals surface area contributed by atoms with Gasteiger partial charge in [-0.15, -0.1) is 10.2 Å². The summed E-state index contributed by atoms with van der Waals surface area (Å²) < 4.78 is 0. The van der Waals surface area contributed by atoms with Crippen molar-refractivity contribution >= 4 is 29.0 Å². The predicted octanol–water partition coefficient (Wildman–Crippen LogP) is 2.83. The van der Waals surface area contributed by atoms with Gasteiger partial charge in [0.2, 0.25) is 11.7 Å². The summed E-state index contributed by atoms with van der Waals surface area (Å²) in [6, 6.07) is 13.8. The zero-order chi connectivity index (χ0) is 17.8. The zero-order valence-electron chi connectivity index (χ0n) is 13.3. The third-order valence-corrected chi connectivity index (χ3v) is 3.67. The minimum absolute atomic E-state index is 0.118. The predicted molar refractivity (Wildman–Crippen MR) is 93.3 cm³/mol. The fraction of sp³-hybridized carbons (Fsp3) is 0.118. The molecule has 0 spiro atoms. The van der Waals surface area contributed by atoms with E-state index in [0.29, 0.717) is 22.1 Å². The minimum atomic E-state index is -0.353. The van der Waals surface area contributed by atoms with Crippen LogP contribution in [0.4, 0.5) is 5.69 Å². The number of benzene rings is 2. The number of carbonyl (C=O) groups is 2. The van der Waals surface area contributed by atoms with Crippen molar-refractivity contribution in [2.75, 3.05) is 5.32 Å². The topological polar surface area (TPSA) is 89.8 Å². The highest BCUT2D eigenvalue weighted by Crippen LogP contribution is 2.17. The van der Waals surface area contributed by atoms with Gasteiger partial charge in [0.05, 0.1) is 5.69 Å². The number of amides is 1. The maximum atomic E-state index is 12.2. The molecular weight excluding hydrogens is 342 g/mol. The summed E-state index contributed by atoms with van der Waals surface area (Å²) in [7, 11) is 0. The number of rotatable bonds is 5. The van der Waals surface area contributed by atoms with Crippen LogP contribution in [0.5, 0.6) is 0 Å². The number of Topliss-reactive ketones (excluding diaryl/α,β-unsaturated/α-hetero) is 1. The van der Waals surface area contributed by atoms with Gasteiger partial charge in [0.1, 0.15) is 6.54 Å². The van der Waals surface area contributed by atoms with Gasteiger partial charge < -0.3 is 5.32 Å². The summed E-state index contributed by atoms with van der Waals surface area (Å²) in [5.41, 5.74) is 1.65. The molecule has 7 nitrogen and oxygen atoms in total. The van der Waals surface area contributed by atoms with Crippen molar-refractivity contribution in [1.29, 1.82) is 0 Å². The van der Waals surface area contributed by atoms with Crippen LogP contribution in [0.15, 0.2) is 48.5 Å². The second kappa shape index (κ2) is 7.23. The van der Waals surface area contributed by atoms with E-state index in [1.165, 1.54) is 11.7 Å². The molecule has 1 amide bonds. The van der Waals surface area contributed by atoms with Gasteiger partial charge in [0.15, 0.2) is 5.78 Å². The van der Waals surface area contributed by atoms with E-state index in [1.807, 2.05) is 0 Å². The van der Waals surface area contributed by atoms with Crippen molar-refractivity contribution in [2.24, 2.45) is 0 Å². The molecule has 0 aliphatic rings. The molecule has 0 aliphatic carbocycles. The smallest absolute Gasteiger partial charge is 0.248 e. The molecule has 0 bridgehead atoms. The van der Waals surface area contributed by atoms with Crippen LogP contribution in [0.25, 0.3) is 11.4 Å². The Morgan fingerprint density at radius 2 is 1.84 bits per heavy atom. The Labute approximate surface area is 148 Å². The van der Waals surface area contributed by atoms with Gasteiger partial charge in [0.25, 0.3) is 0 Å². The van der Waals surface area contributed by atoms with Gasteiger partial charge >= 0.3 is 0 Å². The van der Waals surface area contributed by atoms with Crippen LogP contribution in [0.2, 0.25) is 5.02 Å². The van der Waals surface area contributed by atoms with Crippen molar-refractivity contribution in [3.8, 4) is 11.4 Å². The molecule has 1 N–H and O–H groups in total. The summed E-state index contributed by atoms with van der Waals surface area (Å²) in [5.74, 6) is -0.0813. The third-order valence-electron chi connectivity index (χ3n) is 3.42. The van der Waals surface area contributed by atoms with Crippen molar-refractivity contribution in [3.63, 3.8) is 0 Å². The highest BCUT2D eigenvalue weighted by molar-refractivity contribution is 6.30. The Morgan fingerprint density at radius 1 is 1.12 bits per heavy atom. The summed E-state index contributed by atoms with van der Waals surface area (Å²) in [4.78, 5) is 25.0. The number of hydrogen-bond donors (Lipinski definition) is 1. The fourth-order valence-corrected chi connectivity index (χ4v) is 2.37. The molecule has 126 valence electrons.